The Balaban J connectivity index is 1.42. The van der Waals surface area contributed by atoms with Gasteiger partial charge in [-0.1, -0.05) is 33.6 Å². The van der Waals surface area contributed by atoms with Crippen molar-refractivity contribution in [3.8, 4) is 17.1 Å². The summed E-state index contributed by atoms with van der Waals surface area (Å²) in [5.74, 6) is 0.0349. The van der Waals surface area contributed by atoms with Gasteiger partial charge < -0.3 is 24.3 Å². The van der Waals surface area contributed by atoms with Crippen LogP contribution in [0.4, 0.5) is 0 Å². The van der Waals surface area contributed by atoms with Gasteiger partial charge in [-0.05, 0) is 56.1 Å². The average molecular weight is 537 g/mol. The Bertz CT molecular complexity index is 1210. The second-order valence-corrected chi connectivity index (χ2v) is 9.13. The SMILES string of the molecule is O=C(O)[C@@H]1C[C@H](NCCCOc2cc(Br)ccc2-c2cc(=O)c3cccc(Cl)c3o2)CCO1. The first kappa shape index (κ1) is 23.8. The number of carboxylic acids is 1. The number of para-hydroxylation sites is 1. The normalized spacial score (nSPS) is 18.4. The molecule has 1 fully saturated rings. The van der Waals surface area contributed by atoms with Crippen molar-refractivity contribution in [2.45, 2.75) is 31.4 Å². The van der Waals surface area contributed by atoms with Gasteiger partial charge in [-0.25, -0.2) is 4.79 Å². The molecule has 2 heterocycles. The topological polar surface area (TPSA) is 98.0 Å². The van der Waals surface area contributed by atoms with Crippen LogP contribution in [0.3, 0.4) is 0 Å². The van der Waals surface area contributed by atoms with Crippen LogP contribution in [0.25, 0.3) is 22.3 Å². The number of benzene rings is 2. The summed E-state index contributed by atoms with van der Waals surface area (Å²) in [5, 5.41) is 13.3. The van der Waals surface area contributed by atoms with Crippen LogP contribution in [0.15, 0.2) is 56.1 Å². The third-order valence-electron chi connectivity index (χ3n) is 5.49. The predicted molar refractivity (Wildman–Crippen MR) is 129 cm³/mol. The van der Waals surface area contributed by atoms with Gasteiger partial charge in [0.1, 0.15) is 11.5 Å². The maximum absolute atomic E-state index is 12.6. The molecule has 0 amide bonds. The van der Waals surface area contributed by atoms with Gasteiger partial charge in [-0.2, -0.15) is 0 Å². The highest BCUT2D eigenvalue weighted by molar-refractivity contribution is 9.10. The number of carboxylic acid groups (broad SMARTS) is 1. The number of ether oxygens (including phenoxy) is 2. The van der Waals surface area contributed by atoms with E-state index in [0.29, 0.717) is 65.7 Å². The third kappa shape index (κ3) is 5.76. The lowest BCUT2D eigenvalue weighted by Crippen LogP contribution is -2.42. The number of hydrogen-bond acceptors (Lipinski definition) is 6. The molecule has 3 aromatic rings. The number of aliphatic carboxylic acids is 1. The van der Waals surface area contributed by atoms with Crippen molar-refractivity contribution in [3.63, 3.8) is 0 Å². The Kier molecular flexibility index (Phi) is 7.70. The minimum atomic E-state index is -0.923. The van der Waals surface area contributed by atoms with Gasteiger partial charge in [0.05, 0.1) is 22.6 Å². The number of rotatable bonds is 8. The van der Waals surface area contributed by atoms with Crippen molar-refractivity contribution in [1.82, 2.24) is 5.32 Å². The van der Waals surface area contributed by atoms with Crippen LogP contribution in [0.5, 0.6) is 5.75 Å². The molecular weight excluding hydrogens is 514 g/mol. The zero-order chi connectivity index (χ0) is 23.4. The molecule has 1 aromatic heterocycles. The van der Waals surface area contributed by atoms with Crippen LogP contribution in [0, 0.1) is 0 Å². The molecule has 7 nitrogen and oxygen atoms in total. The fourth-order valence-corrected chi connectivity index (χ4v) is 4.36. The zero-order valence-electron chi connectivity index (χ0n) is 17.7. The van der Waals surface area contributed by atoms with Crippen molar-refractivity contribution < 1.29 is 23.8 Å². The number of carbonyl (C=O) groups is 1. The number of fused-ring (bicyclic) bond motifs is 1. The molecule has 1 saturated heterocycles. The van der Waals surface area contributed by atoms with Gasteiger partial charge in [0.15, 0.2) is 17.1 Å². The molecule has 9 heteroatoms. The van der Waals surface area contributed by atoms with Crippen molar-refractivity contribution in [3.05, 3.63) is 62.2 Å². The molecule has 0 unspecified atom stereocenters. The molecule has 1 aliphatic rings. The highest BCUT2D eigenvalue weighted by Crippen LogP contribution is 2.34. The molecule has 1 aliphatic heterocycles. The lowest BCUT2D eigenvalue weighted by molar-refractivity contribution is -0.154. The van der Waals surface area contributed by atoms with Crippen LogP contribution < -0.4 is 15.5 Å². The number of nitrogens with one attached hydrogen (secondary N) is 1. The Labute approximate surface area is 203 Å². The maximum Gasteiger partial charge on any atom is 0.332 e. The van der Waals surface area contributed by atoms with E-state index < -0.39 is 12.1 Å². The number of hydrogen-bond donors (Lipinski definition) is 2. The van der Waals surface area contributed by atoms with E-state index in [4.69, 9.17) is 30.6 Å². The van der Waals surface area contributed by atoms with Crippen molar-refractivity contribution in [2.75, 3.05) is 19.8 Å². The second kappa shape index (κ2) is 10.7. The second-order valence-electron chi connectivity index (χ2n) is 7.81. The molecule has 174 valence electrons. The minimum absolute atomic E-state index is 0.109. The van der Waals surface area contributed by atoms with Gasteiger partial charge in [0, 0.05) is 23.2 Å². The Morgan fingerprint density at radius 2 is 2.12 bits per heavy atom. The lowest BCUT2D eigenvalue weighted by Gasteiger charge is -2.27. The van der Waals surface area contributed by atoms with E-state index in [9.17, 15) is 9.59 Å². The molecule has 0 bridgehead atoms. The monoisotopic (exact) mass is 535 g/mol. The summed E-state index contributed by atoms with van der Waals surface area (Å²) in [4.78, 5) is 23.7. The first-order chi connectivity index (χ1) is 15.9. The Morgan fingerprint density at radius 1 is 1.27 bits per heavy atom. The maximum atomic E-state index is 12.6. The van der Waals surface area contributed by atoms with Crippen LogP contribution in [0.2, 0.25) is 5.02 Å². The van der Waals surface area contributed by atoms with Gasteiger partial charge in [0.25, 0.3) is 0 Å². The summed E-state index contributed by atoms with van der Waals surface area (Å²) in [7, 11) is 0. The van der Waals surface area contributed by atoms with E-state index in [1.807, 2.05) is 18.2 Å². The van der Waals surface area contributed by atoms with Crippen LogP contribution in [-0.4, -0.2) is 43.0 Å². The van der Waals surface area contributed by atoms with E-state index in [2.05, 4.69) is 21.2 Å². The average Bonchev–Trinajstić information content (AvgIpc) is 2.80. The van der Waals surface area contributed by atoms with E-state index >= 15 is 0 Å². The van der Waals surface area contributed by atoms with Crippen molar-refractivity contribution in [1.29, 1.82) is 0 Å². The van der Waals surface area contributed by atoms with Gasteiger partial charge >= 0.3 is 5.97 Å². The van der Waals surface area contributed by atoms with Crippen molar-refractivity contribution in [2.24, 2.45) is 0 Å². The summed E-state index contributed by atoms with van der Waals surface area (Å²) >= 11 is 9.70. The lowest BCUT2D eigenvalue weighted by atomic mass is 10.0. The first-order valence-electron chi connectivity index (χ1n) is 10.7. The molecular formula is C24H23BrClNO6. The molecule has 0 aliphatic carbocycles. The minimum Gasteiger partial charge on any atom is -0.493 e. The fraction of sp³-hybridized carbons (Fsp3) is 0.333. The summed E-state index contributed by atoms with van der Waals surface area (Å²) in [6.45, 7) is 1.55. The van der Waals surface area contributed by atoms with E-state index in [-0.39, 0.29) is 11.5 Å². The first-order valence-corrected chi connectivity index (χ1v) is 11.8. The zero-order valence-corrected chi connectivity index (χ0v) is 20.0. The summed E-state index contributed by atoms with van der Waals surface area (Å²) in [6, 6.07) is 12.1. The molecule has 0 radical (unpaired) electrons. The van der Waals surface area contributed by atoms with E-state index in [1.165, 1.54) is 6.07 Å². The summed E-state index contributed by atoms with van der Waals surface area (Å²) < 4.78 is 18.1. The van der Waals surface area contributed by atoms with Gasteiger partial charge in [-0.3, -0.25) is 4.79 Å². The molecule has 2 N–H and O–H groups in total. The summed E-state index contributed by atoms with van der Waals surface area (Å²) in [5.41, 5.74) is 0.817. The molecule has 4 rings (SSSR count). The highest BCUT2D eigenvalue weighted by atomic mass is 79.9. The van der Waals surface area contributed by atoms with E-state index in [0.717, 1.165) is 10.9 Å². The predicted octanol–water partition coefficient (Wildman–Crippen LogP) is 4.87. The molecule has 2 atom stereocenters. The van der Waals surface area contributed by atoms with Gasteiger partial charge in [0.2, 0.25) is 0 Å². The Morgan fingerprint density at radius 3 is 2.94 bits per heavy atom. The third-order valence-corrected chi connectivity index (χ3v) is 6.28. The molecule has 33 heavy (non-hydrogen) atoms. The largest absolute Gasteiger partial charge is 0.493 e. The summed E-state index contributed by atoms with van der Waals surface area (Å²) in [6.07, 6.45) is 1.20. The molecule has 2 aromatic carbocycles. The van der Waals surface area contributed by atoms with Crippen LogP contribution in [-0.2, 0) is 9.53 Å². The van der Waals surface area contributed by atoms with Crippen LogP contribution >= 0.6 is 27.5 Å². The Hall–Kier alpha value is -2.39. The van der Waals surface area contributed by atoms with Gasteiger partial charge in [-0.15, -0.1) is 0 Å². The van der Waals surface area contributed by atoms with Crippen LogP contribution in [0.1, 0.15) is 19.3 Å². The molecule has 0 spiro atoms. The smallest absolute Gasteiger partial charge is 0.332 e. The van der Waals surface area contributed by atoms with Crippen molar-refractivity contribution >= 4 is 44.5 Å². The van der Waals surface area contributed by atoms with E-state index in [1.54, 1.807) is 18.2 Å². The fourth-order valence-electron chi connectivity index (χ4n) is 3.81. The highest BCUT2D eigenvalue weighted by Gasteiger charge is 2.27. The number of halogens is 2. The standard InChI is InChI=1S/C24H23BrClNO6/c25-14-5-6-17(21-13-19(28)16-3-1-4-18(26)23(16)33-21)20(11-14)31-9-2-8-27-15-7-10-32-22(12-15)24(29)30/h1,3-6,11,13,15,22,27H,2,7-10,12H2,(H,29,30)/t15-,22+/m1/s1. The molecule has 0 saturated carbocycles. The quantitative estimate of drug-likeness (QED) is 0.397.